The molecule has 1 N–H and O–H groups in total. The molecule has 8 nitrogen and oxygen atoms in total. The van der Waals surface area contributed by atoms with Gasteiger partial charge in [0.25, 0.3) is 0 Å². The van der Waals surface area contributed by atoms with Gasteiger partial charge in [0.05, 0.1) is 22.3 Å². The normalized spacial score (nSPS) is 20.7. The predicted octanol–water partition coefficient (Wildman–Crippen LogP) is 1.81. The Labute approximate surface area is 161 Å². The van der Waals surface area contributed by atoms with Crippen molar-refractivity contribution in [1.82, 2.24) is 9.46 Å². The minimum atomic E-state index is -3.99. The summed E-state index contributed by atoms with van der Waals surface area (Å²) >= 11 is 5.80. The summed E-state index contributed by atoms with van der Waals surface area (Å²) in [5, 5.41) is 14.1. The van der Waals surface area contributed by atoms with Crippen molar-refractivity contribution in [2.75, 3.05) is 6.54 Å². The van der Waals surface area contributed by atoms with Crippen molar-refractivity contribution >= 4 is 27.6 Å². The number of aromatic nitrogens is 1. The summed E-state index contributed by atoms with van der Waals surface area (Å²) in [5.41, 5.74) is 1.23. The zero-order valence-electron chi connectivity index (χ0n) is 14.8. The number of β-amino-alcohol motifs (C(OH)–C–C–N with tert-alkyl or cyclic N) is 1. The molecule has 3 rings (SSSR count). The van der Waals surface area contributed by atoms with Crippen LogP contribution in [0.2, 0.25) is 5.02 Å². The average molecular weight is 415 g/mol. The van der Waals surface area contributed by atoms with Gasteiger partial charge in [-0.2, -0.15) is 4.31 Å². The van der Waals surface area contributed by atoms with Crippen LogP contribution in [0.25, 0.3) is 0 Å². The first-order valence-corrected chi connectivity index (χ1v) is 10.1. The topological polar surface area (TPSA) is 110 Å². The van der Waals surface area contributed by atoms with Crippen LogP contribution in [0, 0.1) is 13.8 Å². The van der Waals surface area contributed by atoms with Gasteiger partial charge in [0.2, 0.25) is 10.0 Å². The maximum atomic E-state index is 12.9. The van der Waals surface area contributed by atoms with Crippen LogP contribution >= 0.6 is 11.6 Å². The van der Waals surface area contributed by atoms with Crippen LogP contribution < -0.4 is 0 Å². The van der Waals surface area contributed by atoms with Gasteiger partial charge in [0.15, 0.2) is 0 Å². The number of aryl methyl sites for hydroxylation is 2. The van der Waals surface area contributed by atoms with Crippen molar-refractivity contribution in [2.24, 2.45) is 0 Å². The van der Waals surface area contributed by atoms with E-state index in [9.17, 15) is 18.3 Å². The highest BCUT2D eigenvalue weighted by molar-refractivity contribution is 7.89. The molecule has 2 heterocycles. The highest BCUT2D eigenvalue weighted by Gasteiger charge is 2.44. The van der Waals surface area contributed by atoms with E-state index >= 15 is 0 Å². The third-order valence-electron chi connectivity index (χ3n) is 4.47. The number of carbonyl (C=O) groups excluding carboxylic acids is 1. The van der Waals surface area contributed by atoms with Crippen LogP contribution in [0.3, 0.4) is 0 Å². The molecule has 146 valence electrons. The van der Waals surface area contributed by atoms with Gasteiger partial charge in [0.1, 0.15) is 18.4 Å². The predicted molar refractivity (Wildman–Crippen MR) is 95.5 cm³/mol. The van der Waals surface area contributed by atoms with Gasteiger partial charge in [-0.1, -0.05) is 16.8 Å². The lowest BCUT2D eigenvalue weighted by molar-refractivity contribution is -0.148. The van der Waals surface area contributed by atoms with E-state index in [2.05, 4.69) is 5.16 Å². The van der Waals surface area contributed by atoms with Crippen molar-refractivity contribution in [3.8, 4) is 0 Å². The van der Waals surface area contributed by atoms with Crippen molar-refractivity contribution in [1.29, 1.82) is 0 Å². The number of rotatable bonds is 5. The Morgan fingerprint density at radius 2 is 2.04 bits per heavy atom. The number of halogens is 1. The monoisotopic (exact) mass is 414 g/mol. The Balaban J connectivity index is 1.79. The zero-order valence-corrected chi connectivity index (χ0v) is 16.3. The van der Waals surface area contributed by atoms with Crippen molar-refractivity contribution < 1.29 is 27.6 Å². The molecule has 0 saturated carbocycles. The SMILES string of the molecule is Cc1noc(C)c1COC(=O)[C@H]1C[C@@H](O)CN1S(=O)(=O)c1ccc(Cl)cc1. The second-order valence-corrected chi connectivity index (χ2v) is 8.67. The molecule has 27 heavy (non-hydrogen) atoms. The molecule has 2 aromatic rings. The van der Waals surface area contributed by atoms with Gasteiger partial charge in [-0.05, 0) is 38.1 Å². The van der Waals surface area contributed by atoms with E-state index in [4.69, 9.17) is 20.9 Å². The Morgan fingerprint density at radius 1 is 1.37 bits per heavy atom. The summed E-state index contributed by atoms with van der Waals surface area (Å²) in [4.78, 5) is 12.5. The maximum absolute atomic E-state index is 12.9. The molecule has 0 spiro atoms. The van der Waals surface area contributed by atoms with E-state index < -0.39 is 28.1 Å². The lowest BCUT2D eigenvalue weighted by Gasteiger charge is -2.22. The summed E-state index contributed by atoms with van der Waals surface area (Å²) in [7, 11) is -3.99. The smallest absolute Gasteiger partial charge is 0.324 e. The molecule has 1 aromatic carbocycles. The number of hydrogen-bond acceptors (Lipinski definition) is 7. The van der Waals surface area contributed by atoms with Crippen LogP contribution in [0.4, 0.5) is 0 Å². The Morgan fingerprint density at radius 3 is 2.63 bits per heavy atom. The fourth-order valence-electron chi connectivity index (χ4n) is 2.95. The van der Waals surface area contributed by atoms with E-state index in [1.54, 1.807) is 13.8 Å². The third-order valence-corrected chi connectivity index (χ3v) is 6.61. The van der Waals surface area contributed by atoms with Gasteiger partial charge >= 0.3 is 5.97 Å². The molecule has 1 saturated heterocycles. The summed E-state index contributed by atoms with van der Waals surface area (Å²) in [6.45, 7) is 3.15. The van der Waals surface area contributed by atoms with Crippen molar-refractivity contribution in [3.05, 3.63) is 46.3 Å². The Hall–Kier alpha value is -1.94. The Kier molecular flexibility index (Phi) is 5.57. The first-order valence-electron chi connectivity index (χ1n) is 8.24. The number of sulfonamides is 1. The fraction of sp³-hybridized carbons (Fsp3) is 0.412. The average Bonchev–Trinajstić information content (AvgIpc) is 3.16. The largest absolute Gasteiger partial charge is 0.459 e. The highest BCUT2D eigenvalue weighted by atomic mass is 35.5. The number of aliphatic hydroxyl groups is 1. The van der Waals surface area contributed by atoms with Crippen LogP contribution in [0.5, 0.6) is 0 Å². The first-order chi connectivity index (χ1) is 12.7. The van der Waals surface area contributed by atoms with Crippen LogP contribution in [-0.2, 0) is 26.2 Å². The molecule has 1 aliphatic rings. The van der Waals surface area contributed by atoms with Crippen LogP contribution in [0.1, 0.15) is 23.4 Å². The van der Waals surface area contributed by atoms with Crippen LogP contribution in [-0.4, -0.2) is 47.6 Å². The second kappa shape index (κ2) is 7.59. The number of aliphatic hydroxyl groups excluding tert-OH is 1. The van der Waals surface area contributed by atoms with Crippen molar-refractivity contribution in [2.45, 2.75) is 43.9 Å². The summed E-state index contributed by atoms with van der Waals surface area (Å²) in [6.07, 6.45) is -0.989. The van der Waals surface area contributed by atoms with Gasteiger partial charge in [0, 0.05) is 18.0 Å². The summed E-state index contributed by atoms with van der Waals surface area (Å²) in [6, 6.07) is 4.50. The number of esters is 1. The molecule has 0 amide bonds. The highest BCUT2D eigenvalue weighted by Crippen LogP contribution is 2.28. The molecular formula is C17H19ClN2O6S. The number of ether oxygens (including phenoxy) is 1. The molecule has 0 aliphatic carbocycles. The van der Waals surface area contributed by atoms with Gasteiger partial charge in [-0.15, -0.1) is 0 Å². The minimum Gasteiger partial charge on any atom is -0.459 e. The number of benzene rings is 1. The molecule has 1 aliphatic heterocycles. The lowest BCUT2D eigenvalue weighted by atomic mass is 10.2. The molecular weight excluding hydrogens is 396 g/mol. The molecule has 1 fully saturated rings. The molecule has 10 heteroatoms. The summed E-state index contributed by atoms with van der Waals surface area (Å²) < 4.78 is 37.0. The minimum absolute atomic E-state index is 0.00970. The quantitative estimate of drug-likeness (QED) is 0.743. The second-order valence-electron chi connectivity index (χ2n) is 6.34. The van der Waals surface area contributed by atoms with Crippen molar-refractivity contribution in [3.63, 3.8) is 0 Å². The fourth-order valence-corrected chi connectivity index (χ4v) is 4.71. The molecule has 0 unspecified atom stereocenters. The van der Waals surface area contributed by atoms with E-state index in [1.165, 1.54) is 24.3 Å². The third kappa shape index (κ3) is 4.01. The lowest BCUT2D eigenvalue weighted by Crippen LogP contribution is -2.41. The van der Waals surface area contributed by atoms with Crippen LogP contribution in [0.15, 0.2) is 33.7 Å². The molecule has 0 bridgehead atoms. The van der Waals surface area contributed by atoms with E-state index in [-0.39, 0.29) is 24.5 Å². The van der Waals surface area contributed by atoms with E-state index in [0.717, 1.165) is 4.31 Å². The maximum Gasteiger partial charge on any atom is 0.324 e. The number of hydrogen-bond donors (Lipinski definition) is 1. The number of carbonyl (C=O) groups is 1. The van der Waals surface area contributed by atoms with E-state index in [0.29, 0.717) is 22.0 Å². The van der Waals surface area contributed by atoms with Gasteiger partial charge in [-0.25, -0.2) is 8.42 Å². The zero-order chi connectivity index (χ0) is 19.8. The van der Waals surface area contributed by atoms with E-state index in [1.807, 2.05) is 0 Å². The molecule has 2 atom stereocenters. The summed E-state index contributed by atoms with van der Waals surface area (Å²) in [5.74, 6) is -0.207. The molecule has 1 aromatic heterocycles. The standard InChI is InChI=1S/C17H19ClN2O6S/c1-10-15(11(2)26-19-10)9-25-17(22)16-7-13(21)8-20(16)27(23,24)14-5-3-12(18)4-6-14/h3-6,13,16,21H,7-9H2,1-2H3/t13-,16-/m1/s1. The number of nitrogens with zero attached hydrogens (tertiary/aromatic N) is 2. The van der Waals surface area contributed by atoms with Gasteiger partial charge < -0.3 is 14.4 Å². The molecule has 0 radical (unpaired) electrons. The first kappa shape index (κ1) is 19.8. The van der Waals surface area contributed by atoms with Gasteiger partial charge in [-0.3, -0.25) is 4.79 Å². The Bertz CT molecular complexity index is 921.